The molecule has 2 aromatic rings. The Kier molecular flexibility index (Phi) is 6.81. The highest BCUT2D eigenvalue weighted by molar-refractivity contribution is 6.06. The minimum absolute atomic E-state index is 0.0376. The van der Waals surface area contributed by atoms with E-state index in [9.17, 15) is 10.1 Å². The minimum Gasteiger partial charge on any atom is -0.497 e. The molecule has 0 aliphatic carbocycles. The minimum atomic E-state index is -0.423. The molecule has 26 heavy (non-hydrogen) atoms. The van der Waals surface area contributed by atoms with Crippen LogP contribution in [0.3, 0.4) is 0 Å². The van der Waals surface area contributed by atoms with Crippen molar-refractivity contribution in [1.29, 1.82) is 5.26 Å². The van der Waals surface area contributed by atoms with Gasteiger partial charge in [0.05, 0.1) is 7.11 Å². The van der Waals surface area contributed by atoms with Crippen molar-refractivity contribution >= 4 is 11.6 Å². The van der Waals surface area contributed by atoms with E-state index in [4.69, 9.17) is 4.74 Å². The maximum Gasteiger partial charge on any atom is 0.267 e. The van der Waals surface area contributed by atoms with Crippen molar-refractivity contribution in [2.75, 3.05) is 19.0 Å². The number of benzene rings is 2. The molecule has 0 radical (unpaired) electrons. The number of carbonyl (C=O) groups is 1. The van der Waals surface area contributed by atoms with Gasteiger partial charge in [-0.05, 0) is 49.6 Å². The van der Waals surface area contributed by atoms with Crippen molar-refractivity contribution in [2.45, 2.75) is 20.3 Å². The Morgan fingerprint density at radius 1 is 1.23 bits per heavy atom. The van der Waals surface area contributed by atoms with Gasteiger partial charge < -0.3 is 15.4 Å². The summed E-state index contributed by atoms with van der Waals surface area (Å²) < 4.78 is 5.19. The molecule has 0 aliphatic heterocycles. The molecule has 5 heteroatoms. The van der Waals surface area contributed by atoms with Crippen LogP contribution >= 0.6 is 0 Å². The molecule has 1 amide bonds. The number of nitrogens with zero attached hydrogens (tertiary/aromatic N) is 1. The van der Waals surface area contributed by atoms with Crippen LogP contribution in [0.25, 0.3) is 0 Å². The van der Waals surface area contributed by atoms with Crippen LogP contribution in [0.5, 0.6) is 5.75 Å². The summed E-state index contributed by atoms with van der Waals surface area (Å²) in [6, 6.07) is 15.5. The van der Waals surface area contributed by atoms with Crippen molar-refractivity contribution in [1.82, 2.24) is 5.32 Å². The first-order valence-electron chi connectivity index (χ1n) is 8.38. The molecule has 0 fully saturated rings. The molecule has 0 aromatic heterocycles. The summed E-state index contributed by atoms with van der Waals surface area (Å²) in [5.74, 6) is 0.386. The van der Waals surface area contributed by atoms with Crippen molar-refractivity contribution in [3.63, 3.8) is 0 Å². The summed E-state index contributed by atoms with van der Waals surface area (Å²) in [5.41, 5.74) is 3.94. The average Bonchev–Trinajstić information content (AvgIpc) is 2.64. The van der Waals surface area contributed by atoms with Crippen molar-refractivity contribution in [3.05, 3.63) is 70.9 Å². The number of rotatable bonds is 7. The van der Waals surface area contributed by atoms with Crippen LogP contribution in [-0.2, 0) is 11.2 Å². The van der Waals surface area contributed by atoms with E-state index in [1.165, 1.54) is 6.20 Å². The topological polar surface area (TPSA) is 74.1 Å². The third kappa shape index (κ3) is 5.38. The molecular weight excluding hydrogens is 326 g/mol. The summed E-state index contributed by atoms with van der Waals surface area (Å²) in [7, 11) is 1.63. The zero-order valence-electron chi connectivity index (χ0n) is 15.3. The number of aryl methyl sites for hydroxylation is 2. The molecule has 0 bridgehead atoms. The second-order valence-electron chi connectivity index (χ2n) is 6.00. The van der Waals surface area contributed by atoms with E-state index < -0.39 is 5.91 Å². The lowest BCUT2D eigenvalue weighted by atomic mass is 10.1. The zero-order chi connectivity index (χ0) is 18.9. The molecule has 2 N–H and O–H groups in total. The standard InChI is InChI=1S/C21H23N3O2/c1-15-7-8-20(16(2)11-15)24-21(25)18(13-22)14-23-10-9-17-5-4-6-19(12-17)26-3/h4-8,11-12,14,23H,9-10H2,1-3H3,(H,24,25)/b18-14-. The van der Waals surface area contributed by atoms with Gasteiger partial charge >= 0.3 is 0 Å². The molecule has 0 heterocycles. The lowest BCUT2D eigenvalue weighted by molar-refractivity contribution is -0.112. The lowest BCUT2D eigenvalue weighted by Gasteiger charge is -2.09. The van der Waals surface area contributed by atoms with Gasteiger partial charge in [0.1, 0.15) is 17.4 Å². The molecule has 0 aliphatic rings. The van der Waals surface area contributed by atoms with Gasteiger partial charge in [0.15, 0.2) is 0 Å². The predicted octanol–water partition coefficient (Wildman–Crippen LogP) is 3.49. The maximum atomic E-state index is 12.3. The number of nitriles is 1. The summed E-state index contributed by atoms with van der Waals surface area (Å²) in [5, 5.41) is 15.0. The summed E-state index contributed by atoms with van der Waals surface area (Å²) >= 11 is 0. The van der Waals surface area contributed by atoms with Crippen molar-refractivity contribution < 1.29 is 9.53 Å². The number of methoxy groups -OCH3 is 1. The van der Waals surface area contributed by atoms with Crippen LogP contribution in [0.1, 0.15) is 16.7 Å². The molecule has 0 spiro atoms. The molecule has 0 saturated heterocycles. The molecule has 5 nitrogen and oxygen atoms in total. The largest absolute Gasteiger partial charge is 0.497 e. The first-order valence-corrected chi connectivity index (χ1v) is 8.38. The van der Waals surface area contributed by atoms with Crippen molar-refractivity contribution in [2.24, 2.45) is 0 Å². The van der Waals surface area contributed by atoms with Gasteiger partial charge in [-0.2, -0.15) is 5.26 Å². The normalized spacial score (nSPS) is 10.8. The van der Waals surface area contributed by atoms with Gasteiger partial charge in [-0.3, -0.25) is 4.79 Å². The van der Waals surface area contributed by atoms with Gasteiger partial charge in [-0.1, -0.05) is 29.8 Å². The predicted molar refractivity (Wildman–Crippen MR) is 103 cm³/mol. The van der Waals surface area contributed by atoms with E-state index in [-0.39, 0.29) is 5.57 Å². The molecule has 0 saturated carbocycles. The Morgan fingerprint density at radius 2 is 2.04 bits per heavy atom. The van der Waals surface area contributed by atoms with Crippen LogP contribution in [0.2, 0.25) is 0 Å². The van der Waals surface area contributed by atoms with Crippen LogP contribution in [0, 0.1) is 25.2 Å². The van der Waals surface area contributed by atoms with Gasteiger partial charge in [0.2, 0.25) is 0 Å². The number of nitrogens with one attached hydrogen (secondary N) is 2. The fourth-order valence-corrected chi connectivity index (χ4v) is 2.51. The van der Waals surface area contributed by atoms with Crippen LogP contribution in [0.4, 0.5) is 5.69 Å². The monoisotopic (exact) mass is 349 g/mol. The van der Waals surface area contributed by atoms with E-state index in [0.29, 0.717) is 12.2 Å². The van der Waals surface area contributed by atoms with Crippen LogP contribution < -0.4 is 15.4 Å². The van der Waals surface area contributed by atoms with Gasteiger partial charge in [0.25, 0.3) is 5.91 Å². The quantitative estimate of drug-likeness (QED) is 0.456. The molecule has 0 unspecified atom stereocenters. The summed E-state index contributed by atoms with van der Waals surface area (Å²) in [4.78, 5) is 12.3. The van der Waals surface area contributed by atoms with E-state index in [0.717, 1.165) is 28.9 Å². The molecular formula is C21H23N3O2. The SMILES string of the molecule is COc1cccc(CCN/C=C(/C#N)C(=O)Nc2ccc(C)cc2C)c1. The second-order valence-corrected chi connectivity index (χ2v) is 6.00. The van der Waals surface area contributed by atoms with E-state index in [2.05, 4.69) is 10.6 Å². The number of ether oxygens (including phenoxy) is 1. The number of hydrogen-bond donors (Lipinski definition) is 2. The maximum absolute atomic E-state index is 12.3. The Labute approximate surface area is 154 Å². The molecule has 2 aromatic carbocycles. The third-order valence-corrected chi connectivity index (χ3v) is 3.93. The first-order chi connectivity index (χ1) is 12.5. The zero-order valence-corrected chi connectivity index (χ0v) is 15.3. The second kappa shape index (κ2) is 9.28. The average molecular weight is 349 g/mol. The first kappa shape index (κ1) is 19.1. The smallest absolute Gasteiger partial charge is 0.267 e. The lowest BCUT2D eigenvalue weighted by Crippen LogP contribution is -2.18. The van der Waals surface area contributed by atoms with Gasteiger partial charge in [-0.15, -0.1) is 0 Å². The van der Waals surface area contributed by atoms with Gasteiger partial charge in [-0.25, -0.2) is 0 Å². The highest BCUT2D eigenvalue weighted by atomic mass is 16.5. The van der Waals surface area contributed by atoms with E-state index in [1.54, 1.807) is 7.11 Å². The molecule has 2 rings (SSSR count). The van der Waals surface area contributed by atoms with E-state index in [1.807, 2.05) is 62.4 Å². The number of anilines is 1. The fraction of sp³-hybridized carbons (Fsp3) is 0.238. The Balaban J connectivity index is 1.92. The highest BCUT2D eigenvalue weighted by Crippen LogP contribution is 2.16. The number of hydrogen-bond acceptors (Lipinski definition) is 4. The Morgan fingerprint density at radius 3 is 2.73 bits per heavy atom. The molecule has 134 valence electrons. The molecule has 0 atom stereocenters. The van der Waals surface area contributed by atoms with E-state index >= 15 is 0 Å². The third-order valence-electron chi connectivity index (χ3n) is 3.93. The van der Waals surface area contributed by atoms with Gasteiger partial charge in [0, 0.05) is 18.4 Å². The highest BCUT2D eigenvalue weighted by Gasteiger charge is 2.10. The van der Waals surface area contributed by atoms with Crippen LogP contribution in [0.15, 0.2) is 54.2 Å². The van der Waals surface area contributed by atoms with Crippen molar-refractivity contribution in [3.8, 4) is 11.8 Å². The Hall–Kier alpha value is -3.26. The Bertz CT molecular complexity index is 851. The summed E-state index contributed by atoms with van der Waals surface area (Å²) in [6.45, 7) is 4.52. The van der Waals surface area contributed by atoms with Crippen LogP contribution in [-0.4, -0.2) is 19.6 Å². The number of carbonyl (C=O) groups excluding carboxylic acids is 1. The summed E-state index contributed by atoms with van der Waals surface area (Å²) in [6.07, 6.45) is 2.21. The fourth-order valence-electron chi connectivity index (χ4n) is 2.51. The number of amides is 1.